The van der Waals surface area contributed by atoms with Crippen molar-refractivity contribution in [3.8, 4) is 0 Å². The molecule has 0 aromatic rings. The Morgan fingerprint density at radius 1 is 1.58 bits per heavy atom. The molecule has 1 fully saturated rings. The van der Waals surface area contributed by atoms with E-state index in [0.29, 0.717) is 6.61 Å². The molecule has 1 unspecified atom stereocenters. The van der Waals surface area contributed by atoms with Gasteiger partial charge in [-0.05, 0) is 6.92 Å². The van der Waals surface area contributed by atoms with E-state index in [1.807, 2.05) is 25.7 Å². The molecule has 0 radical (unpaired) electrons. The Morgan fingerprint density at radius 2 is 2.25 bits per heavy atom. The highest BCUT2D eigenvalue weighted by Gasteiger charge is 2.22. The number of hydrogen-bond acceptors (Lipinski definition) is 2. The molecule has 0 bridgehead atoms. The molecule has 1 amide bonds. The summed E-state index contributed by atoms with van der Waals surface area (Å²) in [6, 6.07) is 0. The van der Waals surface area contributed by atoms with E-state index in [1.54, 1.807) is 0 Å². The Hall–Kier alpha value is -0.570. The fourth-order valence-electron chi connectivity index (χ4n) is 1.38. The molecule has 1 heterocycles. The summed E-state index contributed by atoms with van der Waals surface area (Å²) < 4.78 is 5.34. The molecule has 1 aliphatic heterocycles. The summed E-state index contributed by atoms with van der Waals surface area (Å²) in [5, 5.41) is 0. The Labute approximate surface area is 73.7 Å². The van der Waals surface area contributed by atoms with Crippen LogP contribution in [-0.2, 0) is 9.53 Å². The molecule has 12 heavy (non-hydrogen) atoms. The van der Waals surface area contributed by atoms with Gasteiger partial charge in [-0.3, -0.25) is 4.79 Å². The molecule has 1 atom stereocenters. The van der Waals surface area contributed by atoms with Crippen LogP contribution in [0, 0.1) is 5.92 Å². The van der Waals surface area contributed by atoms with Crippen LogP contribution in [0.3, 0.4) is 0 Å². The standard InChI is InChI=1S/C9H17NO2/c1-7(2)9(11)10-4-5-12-8(3)6-10/h7-8H,4-6H2,1-3H3. The van der Waals surface area contributed by atoms with Gasteiger partial charge in [-0.25, -0.2) is 0 Å². The van der Waals surface area contributed by atoms with Crippen molar-refractivity contribution in [2.45, 2.75) is 26.9 Å². The summed E-state index contributed by atoms with van der Waals surface area (Å²) in [7, 11) is 0. The van der Waals surface area contributed by atoms with Crippen molar-refractivity contribution in [1.29, 1.82) is 0 Å². The number of carbonyl (C=O) groups excluding carboxylic acids is 1. The van der Waals surface area contributed by atoms with Gasteiger partial charge in [0.2, 0.25) is 5.91 Å². The molecule has 0 aromatic carbocycles. The maximum Gasteiger partial charge on any atom is 0.225 e. The predicted molar refractivity (Wildman–Crippen MR) is 46.8 cm³/mol. The molecular weight excluding hydrogens is 154 g/mol. The zero-order valence-corrected chi connectivity index (χ0v) is 8.04. The van der Waals surface area contributed by atoms with Crippen LogP contribution in [0.25, 0.3) is 0 Å². The zero-order valence-electron chi connectivity index (χ0n) is 8.04. The SMILES string of the molecule is CC1CN(C(=O)C(C)C)CCO1. The van der Waals surface area contributed by atoms with E-state index in [0.717, 1.165) is 13.1 Å². The van der Waals surface area contributed by atoms with Crippen LogP contribution in [0.15, 0.2) is 0 Å². The molecule has 0 aromatic heterocycles. The van der Waals surface area contributed by atoms with Crippen molar-refractivity contribution < 1.29 is 9.53 Å². The highest BCUT2D eigenvalue weighted by atomic mass is 16.5. The quantitative estimate of drug-likeness (QED) is 0.586. The molecule has 1 aliphatic rings. The van der Waals surface area contributed by atoms with Gasteiger partial charge in [0.05, 0.1) is 12.7 Å². The average molecular weight is 171 g/mol. The molecule has 0 spiro atoms. The maximum atomic E-state index is 11.5. The number of nitrogens with zero attached hydrogens (tertiary/aromatic N) is 1. The number of morpholine rings is 1. The molecule has 0 saturated carbocycles. The van der Waals surface area contributed by atoms with E-state index >= 15 is 0 Å². The first-order valence-corrected chi connectivity index (χ1v) is 4.51. The van der Waals surface area contributed by atoms with Crippen LogP contribution < -0.4 is 0 Å². The topological polar surface area (TPSA) is 29.5 Å². The minimum atomic E-state index is 0.107. The van der Waals surface area contributed by atoms with Crippen LogP contribution >= 0.6 is 0 Å². The van der Waals surface area contributed by atoms with Gasteiger partial charge in [-0.1, -0.05) is 13.8 Å². The van der Waals surface area contributed by atoms with Crippen LogP contribution in [-0.4, -0.2) is 36.6 Å². The minimum absolute atomic E-state index is 0.107. The summed E-state index contributed by atoms with van der Waals surface area (Å²) >= 11 is 0. The molecule has 3 heteroatoms. The second-order valence-corrected chi connectivity index (χ2v) is 3.62. The Morgan fingerprint density at radius 3 is 2.75 bits per heavy atom. The van der Waals surface area contributed by atoms with Crippen molar-refractivity contribution in [3.05, 3.63) is 0 Å². The largest absolute Gasteiger partial charge is 0.375 e. The predicted octanol–water partition coefficient (Wildman–Crippen LogP) is 0.890. The Balaban J connectivity index is 2.46. The summed E-state index contributed by atoms with van der Waals surface area (Å²) in [4.78, 5) is 13.4. The lowest BCUT2D eigenvalue weighted by Gasteiger charge is -2.32. The van der Waals surface area contributed by atoms with Gasteiger partial charge >= 0.3 is 0 Å². The van der Waals surface area contributed by atoms with Crippen molar-refractivity contribution in [3.63, 3.8) is 0 Å². The first-order valence-electron chi connectivity index (χ1n) is 4.51. The third kappa shape index (κ3) is 2.21. The van der Waals surface area contributed by atoms with E-state index in [4.69, 9.17) is 4.74 Å². The monoisotopic (exact) mass is 171 g/mol. The van der Waals surface area contributed by atoms with Gasteiger partial charge in [0.25, 0.3) is 0 Å². The number of ether oxygens (including phenoxy) is 1. The second-order valence-electron chi connectivity index (χ2n) is 3.62. The van der Waals surface area contributed by atoms with Gasteiger partial charge in [0.1, 0.15) is 0 Å². The highest BCUT2D eigenvalue weighted by molar-refractivity contribution is 5.78. The van der Waals surface area contributed by atoms with Crippen LogP contribution in [0.1, 0.15) is 20.8 Å². The second kappa shape index (κ2) is 3.90. The number of amides is 1. The molecule has 0 aliphatic carbocycles. The van der Waals surface area contributed by atoms with E-state index in [1.165, 1.54) is 0 Å². The lowest BCUT2D eigenvalue weighted by Crippen LogP contribution is -2.46. The molecule has 3 nitrogen and oxygen atoms in total. The van der Waals surface area contributed by atoms with Crippen molar-refractivity contribution >= 4 is 5.91 Å². The van der Waals surface area contributed by atoms with Crippen molar-refractivity contribution in [1.82, 2.24) is 4.90 Å². The molecule has 0 N–H and O–H groups in total. The first kappa shape index (κ1) is 9.52. The van der Waals surface area contributed by atoms with E-state index in [-0.39, 0.29) is 17.9 Å². The smallest absolute Gasteiger partial charge is 0.225 e. The molecule has 1 saturated heterocycles. The van der Waals surface area contributed by atoms with E-state index < -0.39 is 0 Å². The summed E-state index contributed by atoms with van der Waals surface area (Å²) in [5.41, 5.74) is 0. The van der Waals surface area contributed by atoms with Crippen molar-refractivity contribution in [2.24, 2.45) is 5.92 Å². The third-order valence-corrected chi connectivity index (χ3v) is 2.05. The van der Waals surface area contributed by atoms with E-state index in [2.05, 4.69) is 0 Å². The summed E-state index contributed by atoms with van der Waals surface area (Å²) in [6.45, 7) is 8.04. The zero-order chi connectivity index (χ0) is 9.14. The van der Waals surface area contributed by atoms with Gasteiger partial charge in [-0.15, -0.1) is 0 Å². The molecule has 70 valence electrons. The fraction of sp³-hybridized carbons (Fsp3) is 0.889. The molecule has 1 rings (SSSR count). The van der Waals surface area contributed by atoms with Crippen LogP contribution in [0.2, 0.25) is 0 Å². The summed E-state index contributed by atoms with van der Waals surface area (Å²) in [6.07, 6.45) is 0.196. The average Bonchev–Trinajstić information content (AvgIpc) is 2.03. The lowest BCUT2D eigenvalue weighted by atomic mass is 10.1. The van der Waals surface area contributed by atoms with Gasteiger partial charge in [0, 0.05) is 19.0 Å². The van der Waals surface area contributed by atoms with Gasteiger partial charge < -0.3 is 9.64 Å². The number of rotatable bonds is 1. The van der Waals surface area contributed by atoms with Crippen LogP contribution in [0.5, 0.6) is 0 Å². The number of carbonyl (C=O) groups is 1. The normalized spacial score (nSPS) is 24.7. The minimum Gasteiger partial charge on any atom is -0.375 e. The third-order valence-electron chi connectivity index (χ3n) is 2.05. The Kier molecular flexibility index (Phi) is 3.09. The van der Waals surface area contributed by atoms with E-state index in [9.17, 15) is 4.79 Å². The maximum absolute atomic E-state index is 11.5. The lowest BCUT2D eigenvalue weighted by molar-refractivity contribution is -0.141. The molecular formula is C9H17NO2. The highest BCUT2D eigenvalue weighted by Crippen LogP contribution is 2.08. The number of hydrogen-bond donors (Lipinski definition) is 0. The van der Waals surface area contributed by atoms with Gasteiger partial charge in [-0.2, -0.15) is 0 Å². The van der Waals surface area contributed by atoms with Crippen LogP contribution in [0.4, 0.5) is 0 Å². The van der Waals surface area contributed by atoms with Gasteiger partial charge in [0.15, 0.2) is 0 Å². The van der Waals surface area contributed by atoms with Crippen molar-refractivity contribution in [2.75, 3.05) is 19.7 Å². The summed E-state index contributed by atoms with van der Waals surface area (Å²) in [5.74, 6) is 0.348. The first-order chi connectivity index (χ1) is 5.61. The fourth-order valence-corrected chi connectivity index (χ4v) is 1.38. The Bertz CT molecular complexity index is 168.